The highest BCUT2D eigenvalue weighted by Crippen LogP contribution is 2.00. The van der Waals surface area contributed by atoms with Gasteiger partial charge in [-0.1, -0.05) is 0 Å². The maximum absolute atomic E-state index is 11.1. The molecule has 0 bridgehead atoms. The summed E-state index contributed by atoms with van der Waals surface area (Å²) in [7, 11) is 1.24. The minimum Gasteiger partial charge on any atom is -0.463 e. The van der Waals surface area contributed by atoms with E-state index in [0.717, 1.165) is 0 Å². The van der Waals surface area contributed by atoms with Crippen LogP contribution in [0.15, 0.2) is 10.9 Å². The van der Waals surface area contributed by atoms with Gasteiger partial charge in [-0.15, -0.1) is 5.10 Å². The van der Waals surface area contributed by atoms with Crippen molar-refractivity contribution >= 4 is 11.7 Å². The average molecular weight is 208 g/mol. The van der Waals surface area contributed by atoms with Gasteiger partial charge in [0.15, 0.2) is 0 Å². The molecule has 0 saturated carbocycles. The van der Waals surface area contributed by atoms with Crippen LogP contribution in [0.5, 0.6) is 0 Å². The molecule has 1 N–H and O–H groups in total. The molecule has 7 nitrogen and oxygen atoms in total. The zero-order valence-corrected chi connectivity index (χ0v) is 8.14. The molecule has 0 aliphatic heterocycles. The first-order chi connectivity index (χ1) is 7.11. The first kappa shape index (κ1) is 9.38. The molecular formula is C8H8N4O3. The Labute approximate surface area is 83.7 Å². The number of fused-ring (bicyclic) bond motifs is 1. The fraction of sp³-hybridized carbons (Fsp3) is 0.250. The molecule has 0 fully saturated rings. The molecule has 15 heavy (non-hydrogen) atoms. The van der Waals surface area contributed by atoms with E-state index in [9.17, 15) is 9.59 Å². The third kappa shape index (κ3) is 1.47. The Balaban J connectivity index is 2.70. The molecule has 0 spiro atoms. The van der Waals surface area contributed by atoms with E-state index in [1.54, 1.807) is 6.92 Å². The van der Waals surface area contributed by atoms with E-state index in [0.29, 0.717) is 5.69 Å². The van der Waals surface area contributed by atoms with E-state index >= 15 is 0 Å². The molecule has 2 aromatic rings. The van der Waals surface area contributed by atoms with Crippen molar-refractivity contribution in [3.05, 3.63) is 27.9 Å². The summed E-state index contributed by atoms with van der Waals surface area (Å²) in [4.78, 5) is 28.5. The Morgan fingerprint density at radius 2 is 2.33 bits per heavy atom. The number of nitrogens with zero attached hydrogens (tertiary/aromatic N) is 3. The number of aromatic nitrogens is 4. The van der Waals surface area contributed by atoms with Crippen LogP contribution in [0.1, 0.15) is 16.3 Å². The number of carbonyl (C=O) groups excluding carboxylic acids is 1. The number of hydrogen-bond donors (Lipinski definition) is 1. The van der Waals surface area contributed by atoms with E-state index in [1.165, 1.54) is 17.7 Å². The fourth-order valence-corrected chi connectivity index (χ4v) is 1.21. The number of rotatable bonds is 1. The molecule has 0 aromatic carbocycles. The van der Waals surface area contributed by atoms with Crippen molar-refractivity contribution in [3.63, 3.8) is 0 Å². The average Bonchev–Trinajstić information content (AvgIpc) is 2.60. The number of esters is 1. The lowest BCUT2D eigenvalue weighted by Gasteiger charge is -1.93. The first-order valence-electron chi connectivity index (χ1n) is 4.17. The van der Waals surface area contributed by atoms with Crippen LogP contribution in [0.2, 0.25) is 0 Å². The maximum atomic E-state index is 11.1. The molecule has 0 aliphatic carbocycles. The summed E-state index contributed by atoms with van der Waals surface area (Å²) in [6, 6.07) is 1.36. The third-order valence-electron chi connectivity index (χ3n) is 1.88. The van der Waals surface area contributed by atoms with Gasteiger partial charge in [0.2, 0.25) is 5.78 Å². The molecule has 0 unspecified atom stereocenters. The van der Waals surface area contributed by atoms with Gasteiger partial charge in [-0.05, 0) is 6.92 Å². The summed E-state index contributed by atoms with van der Waals surface area (Å²) in [5, 5.41) is 3.88. The van der Waals surface area contributed by atoms with Crippen LogP contribution in [-0.2, 0) is 4.74 Å². The summed E-state index contributed by atoms with van der Waals surface area (Å²) >= 11 is 0. The number of aryl methyl sites for hydroxylation is 1. The lowest BCUT2D eigenvalue weighted by molar-refractivity contribution is 0.0587. The topological polar surface area (TPSA) is 89.3 Å². The van der Waals surface area contributed by atoms with E-state index in [4.69, 9.17) is 0 Å². The highest BCUT2D eigenvalue weighted by Gasteiger charge is 2.14. The lowest BCUT2D eigenvalue weighted by atomic mass is 10.4. The van der Waals surface area contributed by atoms with Gasteiger partial charge in [0, 0.05) is 11.8 Å². The molecule has 2 rings (SSSR count). The van der Waals surface area contributed by atoms with Crippen LogP contribution in [0, 0.1) is 6.92 Å². The molecule has 0 saturated heterocycles. The maximum Gasteiger partial charge on any atom is 0.378 e. The van der Waals surface area contributed by atoms with Crippen LogP contribution >= 0.6 is 0 Å². The fourth-order valence-electron chi connectivity index (χ4n) is 1.21. The zero-order chi connectivity index (χ0) is 11.0. The van der Waals surface area contributed by atoms with Crippen LogP contribution < -0.4 is 5.56 Å². The predicted molar refractivity (Wildman–Crippen MR) is 49.7 cm³/mol. The summed E-state index contributed by atoms with van der Waals surface area (Å²) in [6.07, 6.45) is 0. The van der Waals surface area contributed by atoms with Gasteiger partial charge in [0.25, 0.3) is 11.4 Å². The molecule has 0 aliphatic rings. The number of nitrogens with one attached hydrogen (secondary N) is 1. The second-order valence-corrected chi connectivity index (χ2v) is 2.94. The van der Waals surface area contributed by atoms with Crippen molar-refractivity contribution in [1.29, 1.82) is 0 Å². The summed E-state index contributed by atoms with van der Waals surface area (Å²) in [5.41, 5.74) is 0.306. The molecular weight excluding hydrogens is 200 g/mol. The van der Waals surface area contributed by atoms with Gasteiger partial charge in [-0.2, -0.15) is 4.98 Å². The van der Waals surface area contributed by atoms with Crippen molar-refractivity contribution in [2.45, 2.75) is 6.92 Å². The highest BCUT2D eigenvalue weighted by molar-refractivity contribution is 5.85. The number of H-pyrrole nitrogens is 1. The highest BCUT2D eigenvalue weighted by atomic mass is 16.5. The van der Waals surface area contributed by atoms with Crippen LogP contribution in [0.3, 0.4) is 0 Å². The van der Waals surface area contributed by atoms with Gasteiger partial charge in [-0.25, -0.2) is 9.31 Å². The predicted octanol–water partition coefficient (Wildman–Crippen LogP) is -0.487. The third-order valence-corrected chi connectivity index (χ3v) is 1.88. The van der Waals surface area contributed by atoms with Crippen molar-refractivity contribution in [1.82, 2.24) is 19.6 Å². The van der Waals surface area contributed by atoms with Gasteiger partial charge < -0.3 is 4.74 Å². The molecule has 2 aromatic heterocycles. The second kappa shape index (κ2) is 3.19. The number of carbonyl (C=O) groups is 1. The van der Waals surface area contributed by atoms with Gasteiger partial charge >= 0.3 is 5.97 Å². The van der Waals surface area contributed by atoms with E-state index < -0.39 is 5.97 Å². The largest absolute Gasteiger partial charge is 0.463 e. The normalized spacial score (nSPS) is 10.5. The van der Waals surface area contributed by atoms with E-state index in [1.807, 2.05) is 0 Å². The first-order valence-corrected chi connectivity index (χ1v) is 4.17. The lowest BCUT2D eigenvalue weighted by Crippen LogP contribution is -2.09. The Morgan fingerprint density at radius 3 is 3.00 bits per heavy atom. The standard InChI is InChI=1S/C8H8N4O3/c1-4-3-5(13)9-8-10-6(7(14)15-2)11-12(4)8/h3H,1-2H3,(H,9,10,11,13). The van der Waals surface area contributed by atoms with E-state index in [2.05, 4.69) is 19.8 Å². The number of methoxy groups -OCH3 is 1. The van der Waals surface area contributed by atoms with Crippen molar-refractivity contribution < 1.29 is 9.53 Å². The molecule has 7 heteroatoms. The Bertz CT molecular complexity index is 583. The quantitative estimate of drug-likeness (QED) is 0.639. The Morgan fingerprint density at radius 1 is 1.60 bits per heavy atom. The van der Waals surface area contributed by atoms with Crippen molar-refractivity contribution in [3.8, 4) is 0 Å². The van der Waals surface area contributed by atoms with Gasteiger partial charge in [0.05, 0.1) is 7.11 Å². The van der Waals surface area contributed by atoms with Crippen molar-refractivity contribution in [2.24, 2.45) is 0 Å². The SMILES string of the molecule is COC(=O)c1nc2[nH]c(=O)cc(C)n2n1. The molecule has 0 atom stereocenters. The molecule has 78 valence electrons. The van der Waals surface area contributed by atoms with Gasteiger partial charge in [-0.3, -0.25) is 9.78 Å². The zero-order valence-electron chi connectivity index (χ0n) is 8.14. The Kier molecular flexibility index (Phi) is 2.00. The van der Waals surface area contributed by atoms with Crippen LogP contribution in [0.25, 0.3) is 5.78 Å². The monoisotopic (exact) mass is 208 g/mol. The second-order valence-electron chi connectivity index (χ2n) is 2.94. The van der Waals surface area contributed by atoms with Crippen molar-refractivity contribution in [2.75, 3.05) is 7.11 Å². The summed E-state index contributed by atoms with van der Waals surface area (Å²) in [5.74, 6) is -0.498. The molecule has 0 radical (unpaired) electrons. The van der Waals surface area contributed by atoms with Crippen LogP contribution in [0.4, 0.5) is 0 Å². The number of ether oxygens (including phenoxy) is 1. The van der Waals surface area contributed by atoms with E-state index in [-0.39, 0.29) is 17.2 Å². The number of aromatic amines is 1. The summed E-state index contributed by atoms with van der Waals surface area (Å²) < 4.78 is 5.84. The minimum absolute atomic E-state index is 0.0811. The molecule has 0 amide bonds. The smallest absolute Gasteiger partial charge is 0.378 e. The van der Waals surface area contributed by atoms with Gasteiger partial charge in [0.1, 0.15) is 0 Å². The Hall–Kier alpha value is -2.18. The summed E-state index contributed by atoms with van der Waals surface area (Å²) in [6.45, 7) is 1.69. The number of hydrogen-bond acceptors (Lipinski definition) is 5. The van der Waals surface area contributed by atoms with Crippen LogP contribution in [-0.4, -0.2) is 32.7 Å². The molecule has 2 heterocycles. The minimum atomic E-state index is -0.640.